The van der Waals surface area contributed by atoms with Gasteiger partial charge in [0.15, 0.2) is 0 Å². The van der Waals surface area contributed by atoms with E-state index in [9.17, 15) is 14.4 Å². The highest BCUT2D eigenvalue weighted by Gasteiger charge is 2.35. The molecule has 0 bridgehead atoms. The van der Waals surface area contributed by atoms with Gasteiger partial charge in [-0.3, -0.25) is 14.4 Å². The van der Waals surface area contributed by atoms with Gasteiger partial charge in [0.25, 0.3) is 0 Å². The van der Waals surface area contributed by atoms with Crippen molar-refractivity contribution >= 4 is 17.8 Å². The zero-order valence-corrected chi connectivity index (χ0v) is 10.2. The minimum Gasteiger partial charge on any atom is -0.481 e. The van der Waals surface area contributed by atoms with E-state index in [-0.39, 0.29) is 24.3 Å². The first-order valence-electron chi connectivity index (χ1n) is 6.39. The zero-order chi connectivity index (χ0) is 13.1. The second kappa shape index (κ2) is 5.37. The molecule has 2 fully saturated rings. The van der Waals surface area contributed by atoms with Crippen LogP contribution in [0.3, 0.4) is 0 Å². The fourth-order valence-corrected chi connectivity index (χ4v) is 2.70. The van der Waals surface area contributed by atoms with Crippen molar-refractivity contribution in [2.75, 3.05) is 6.54 Å². The minimum absolute atomic E-state index is 0.00753. The number of piperidine rings is 1. The number of carboxylic acid groups (broad SMARTS) is 1. The number of likely N-dealkylation sites (tertiary alicyclic amines) is 1. The van der Waals surface area contributed by atoms with Crippen LogP contribution in [0, 0.1) is 0 Å². The first kappa shape index (κ1) is 12.9. The summed E-state index contributed by atoms with van der Waals surface area (Å²) < 4.78 is 0. The van der Waals surface area contributed by atoms with Crippen molar-refractivity contribution in [2.24, 2.45) is 0 Å². The lowest BCUT2D eigenvalue weighted by molar-refractivity contribution is -0.143. The van der Waals surface area contributed by atoms with Crippen LogP contribution in [0.15, 0.2) is 0 Å². The normalized spacial score (nSPS) is 28.0. The number of amides is 2. The SMILES string of the molecule is O=C(O)CC1CCCCN1C(=O)C1CCC(=O)N1. The van der Waals surface area contributed by atoms with Gasteiger partial charge in [-0.25, -0.2) is 0 Å². The number of hydrogen-bond donors (Lipinski definition) is 2. The molecule has 0 aromatic carbocycles. The number of carbonyl (C=O) groups excluding carboxylic acids is 2. The first-order valence-corrected chi connectivity index (χ1v) is 6.39. The smallest absolute Gasteiger partial charge is 0.305 e. The Kier molecular flexibility index (Phi) is 3.84. The molecular weight excluding hydrogens is 236 g/mol. The molecule has 0 radical (unpaired) electrons. The Balaban J connectivity index is 2.01. The van der Waals surface area contributed by atoms with Gasteiger partial charge in [-0.1, -0.05) is 0 Å². The van der Waals surface area contributed by atoms with Crippen LogP contribution in [0.5, 0.6) is 0 Å². The number of carboxylic acids is 1. The number of aliphatic carboxylic acids is 1. The summed E-state index contributed by atoms with van der Waals surface area (Å²) in [6.07, 6.45) is 3.49. The summed E-state index contributed by atoms with van der Waals surface area (Å²) in [6, 6.07) is -0.673. The molecule has 6 nitrogen and oxygen atoms in total. The Morgan fingerprint density at radius 1 is 1.33 bits per heavy atom. The lowest BCUT2D eigenvalue weighted by Gasteiger charge is -2.36. The van der Waals surface area contributed by atoms with Gasteiger partial charge in [0.1, 0.15) is 6.04 Å². The monoisotopic (exact) mass is 254 g/mol. The van der Waals surface area contributed by atoms with E-state index in [0.29, 0.717) is 19.4 Å². The molecule has 0 spiro atoms. The molecule has 2 rings (SSSR count). The van der Waals surface area contributed by atoms with Crippen molar-refractivity contribution in [3.8, 4) is 0 Å². The molecule has 18 heavy (non-hydrogen) atoms. The third-order valence-corrected chi connectivity index (χ3v) is 3.61. The fourth-order valence-electron chi connectivity index (χ4n) is 2.70. The van der Waals surface area contributed by atoms with Crippen LogP contribution in [0.4, 0.5) is 0 Å². The van der Waals surface area contributed by atoms with E-state index in [1.807, 2.05) is 0 Å². The highest BCUT2D eigenvalue weighted by Crippen LogP contribution is 2.22. The molecule has 6 heteroatoms. The summed E-state index contributed by atoms with van der Waals surface area (Å²) in [4.78, 5) is 35.8. The number of rotatable bonds is 3. The Morgan fingerprint density at radius 2 is 2.11 bits per heavy atom. The van der Waals surface area contributed by atoms with E-state index in [0.717, 1.165) is 19.3 Å². The van der Waals surface area contributed by atoms with Crippen LogP contribution in [0.25, 0.3) is 0 Å². The van der Waals surface area contributed by atoms with E-state index in [4.69, 9.17) is 5.11 Å². The van der Waals surface area contributed by atoms with E-state index in [1.165, 1.54) is 0 Å². The van der Waals surface area contributed by atoms with Crippen molar-refractivity contribution in [1.29, 1.82) is 0 Å². The topological polar surface area (TPSA) is 86.7 Å². The number of nitrogens with zero attached hydrogens (tertiary/aromatic N) is 1. The second-order valence-corrected chi connectivity index (χ2v) is 4.94. The van der Waals surface area contributed by atoms with Gasteiger partial charge in [0.2, 0.25) is 11.8 Å². The summed E-state index contributed by atoms with van der Waals surface area (Å²) in [5.74, 6) is -1.10. The minimum atomic E-state index is -0.879. The van der Waals surface area contributed by atoms with Crippen molar-refractivity contribution in [1.82, 2.24) is 10.2 Å². The molecule has 2 aliphatic rings. The molecule has 2 atom stereocenters. The molecule has 2 unspecified atom stereocenters. The van der Waals surface area contributed by atoms with Gasteiger partial charge in [-0.2, -0.15) is 0 Å². The molecule has 100 valence electrons. The maximum Gasteiger partial charge on any atom is 0.305 e. The molecule has 2 aliphatic heterocycles. The van der Waals surface area contributed by atoms with Gasteiger partial charge in [0.05, 0.1) is 6.42 Å². The highest BCUT2D eigenvalue weighted by molar-refractivity contribution is 5.91. The van der Waals surface area contributed by atoms with E-state index in [1.54, 1.807) is 4.90 Å². The summed E-state index contributed by atoms with van der Waals surface area (Å²) in [6.45, 7) is 0.600. The fraction of sp³-hybridized carbons (Fsp3) is 0.750. The van der Waals surface area contributed by atoms with Crippen molar-refractivity contribution in [2.45, 2.75) is 50.6 Å². The van der Waals surface area contributed by atoms with E-state index >= 15 is 0 Å². The van der Waals surface area contributed by atoms with E-state index < -0.39 is 12.0 Å². The summed E-state index contributed by atoms with van der Waals surface area (Å²) in [7, 11) is 0. The summed E-state index contributed by atoms with van der Waals surface area (Å²) in [5, 5.41) is 11.5. The van der Waals surface area contributed by atoms with Crippen LogP contribution in [0.2, 0.25) is 0 Å². The number of nitrogens with one attached hydrogen (secondary N) is 1. The predicted octanol–water partition coefficient (Wildman–Crippen LogP) is 0.121. The molecule has 2 saturated heterocycles. The Labute approximate surface area is 105 Å². The van der Waals surface area contributed by atoms with Crippen LogP contribution in [0.1, 0.15) is 38.5 Å². The largest absolute Gasteiger partial charge is 0.481 e. The molecule has 0 aliphatic carbocycles. The quantitative estimate of drug-likeness (QED) is 0.749. The van der Waals surface area contributed by atoms with Crippen LogP contribution in [-0.2, 0) is 14.4 Å². The van der Waals surface area contributed by atoms with Crippen molar-refractivity contribution in [3.63, 3.8) is 0 Å². The maximum atomic E-state index is 12.3. The average Bonchev–Trinajstić information content (AvgIpc) is 2.75. The number of carbonyl (C=O) groups is 3. The van der Waals surface area contributed by atoms with E-state index in [2.05, 4.69) is 5.32 Å². The van der Waals surface area contributed by atoms with Gasteiger partial charge in [-0.15, -0.1) is 0 Å². The molecule has 0 saturated carbocycles. The molecule has 2 amide bonds. The van der Waals surface area contributed by atoms with Gasteiger partial charge in [-0.05, 0) is 25.7 Å². The number of hydrogen-bond acceptors (Lipinski definition) is 3. The predicted molar refractivity (Wildman–Crippen MR) is 62.8 cm³/mol. The van der Waals surface area contributed by atoms with Crippen LogP contribution >= 0.6 is 0 Å². The second-order valence-electron chi connectivity index (χ2n) is 4.94. The Hall–Kier alpha value is -1.59. The lowest BCUT2D eigenvalue weighted by atomic mass is 9.98. The Morgan fingerprint density at radius 3 is 2.72 bits per heavy atom. The van der Waals surface area contributed by atoms with Crippen molar-refractivity contribution in [3.05, 3.63) is 0 Å². The molecule has 0 aromatic rings. The van der Waals surface area contributed by atoms with Crippen LogP contribution < -0.4 is 5.32 Å². The summed E-state index contributed by atoms with van der Waals surface area (Å²) in [5.41, 5.74) is 0. The van der Waals surface area contributed by atoms with Crippen LogP contribution in [-0.4, -0.2) is 46.4 Å². The molecule has 2 heterocycles. The third-order valence-electron chi connectivity index (χ3n) is 3.61. The average molecular weight is 254 g/mol. The maximum absolute atomic E-state index is 12.3. The zero-order valence-electron chi connectivity index (χ0n) is 10.2. The van der Waals surface area contributed by atoms with Crippen molar-refractivity contribution < 1.29 is 19.5 Å². The van der Waals surface area contributed by atoms with Gasteiger partial charge in [0, 0.05) is 19.0 Å². The molecular formula is C12H18N2O4. The third kappa shape index (κ3) is 2.80. The molecule has 2 N–H and O–H groups in total. The Bertz CT molecular complexity index is 369. The highest BCUT2D eigenvalue weighted by atomic mass is 16.4. The first-order chi connectivity index (χ1) is 8.58. The standard InChI is InChI=1S/C12H18N2O4/c15-10-5-4-9(13-10)12(18)14-6-2-1-3-8(14)7-11(16)17/h8-9H,1-7H2,(H,13,15)(H,16,17). The molecule has 0 aromatic heterocycles. The van der Waals surface area contributed by atoms with Gasteiger partial charge < -0.3 is 15.3 Å². The van der Waals surface area contributed by atoms with Gasteiger partial charge >= 0.3 is 5.97 Å². The lowest BCUT2D eigenvalue weighted by Crippen LogP contribution is -2.51. The summed E-state index contributed by atoms with van der Waals surface area (Å²) >= 11 is 0.